The maximum atomic E-state index is 14.1. The molecule has 2 amide bonds. The van der Waals surface area contributed by atoms with Crippen molar-refractivity contribution in [3.05, 3.63) is 94.5 Å². The van der Waals surface area contributed by atoms with Gasteiger partial charge in [0.2, 0.25) is 11.8 Å². The molecule has 1 N–H and O–H groups in total. The fraction of sp³-hybridized carbons (Fsp3) is 0.355. The topological polar surface area (TPSA) is 86.8 Å². The van der Waals surface area contributed by atoms with Crippen LogP contribution >= 0.6 is 0 Å². The normalized spacial score (nSPS) is 12.1. The third-order valence-corrected chi connectivity index (χ3v) is 8.63. The van der Waals surface area contributed by atoms with Crippen molar-refractivity contribution in [1.29, 1.82) is 0 Å². The first-order valence-electron chi connectivity index (χ1n) is 13.3. The molecule has 0 aliphatic heterocycles. The summed E-state index contributed by atoms with van der Waals surface area (Å²) in [5, 5.41) is 2.83. The minimum atomic E-state index is -4.10. The van der Waals surface area contributed by atoms with E-state index in [0.29, 0.717) is 18.7 Å². The minimum Gasteiger partial charge on any atom is -0.355 e. The molecule has 0 aliphatic carbocycles. The van der Waals surface area contributed by atoms with E-state index in [9.17, 15) is 18.0 Å². The molecule has 0 radical (unpaired) electrons. The summed E-state index contributed by atoms with van der Waals surface area (Å²) in [6, 6.07) is 19.1. The molecule has 0 saturated carbocycles. The van der Waals surface area contributed by atoms with Crippen LogP contribution in [0.1, 0.15) is 48.1 Å². The molecular weight excluding hydrogens is 510 g/mol. The zero-order valence-corrected chi connectivity index (χ0v) is 24.5. The van der Waals surface area contributed by atoms with Crippen LogP contribution in [0, 0.1) is 27.7 Å². The van der Waals surface area contributed by atoms with Gasteiger partial charge in [-0.1, -0.05) is 61.0 Å². The van der Waals surface area contributed by atoms with Gasteiger partial charge in [-0.15, -0.1) is 0 Å². The summed E-state index contributed by atoms with van der Waals surface area (Å²) in [5.74, 6) is -0.713. The number of likely N-dealkylation sites (N-methyl/N-ethyl adjacent to an activating group) is 1. The summed E-state index contributed by atoms with van der Waals surface area (Å²) in [5.41, 5.74) is 4.85. The van der Waals surface area contributed by atoms with Crippen LogP contribution in [0.4, 0.5) is 5.69 Å². The number of hydrogen-bond acceptors (Lipinski definition) is 4. The van der Waals surface area contributed by atoms with Gasteiger partial charge >= 0.3 is 0 Å². The fourth-order valence-electron chi connectivity index (χ4n) is 4.52. The summed E-state index contributed by atoms with van der Waals surface area (Å²) in [6.07, 6.45) is 0.387. The zero-order chi connectivity index (χ0) is 28.7. The van der Waals surface area contributed by atoms with E-state index in [1.165, 1.54) is 9.21 Å². The van der Waals surface area contributed by atoms with Crippen LogP contribution in [0.3, 0.4) is 0 Å². The Balaban J connectivity index is 2.12. The number of amides is 2. The van der Waals surface area contributed by atoms with E-state index in [-0.39, 0.29) is 17.3 Å². The van der Waals surface area contributed by atoms with Gasteiger partial charge in [0.1, 0.15) is 12.6 Å². The van der Waals surface area contributed by atoms with Crippen LogP contribution in [-0.2, 0) is 26.2 Å². The molecule has 7 nitrogen and oxygen atoms in total. The fourth-order valence-corrected chi connectivity index (χ4v) is 5.99. The van der Waals surface area contributed by atoms with Crippen molar-refractivity contribution in [3.8, 4) is 0 Å². The molecule has 0 bridgehead atoms. The van der Waals surface area contributed by atoms with Crippen LogP contribution in [0.25, 0.3) is 0 Å². The Kier molecular flexibility index (Phi) is 9.92. The van der Waals surface area contributed by atoms with Gasteiger partial charge in [-0.05, 0) is 81.5 Å². The van der Waals surface area contributed by atoms with Gasteiger partial charge in [-0.2, -0.15) is 0 Å². The lowest BCUT2D eigenvalue weighted by atomic mass is 10.1. The molecule has 39 heavy (non-hydrogen) atoms. The second kappa shape index (κ2) is 12.9. The SMILES string of the molecule is CCNC(=O)[C@H](CC)N(Cc1ccccc1C)C(=O)CN(c1cc(C)ccc1C)S(=O)(=O)c1ccc(C)cc1. The average molecular weight is 550 g/mol. The first kappa shape index (κ1) is 29.9. The summed E-state index contributed by atoms with van der Waals surface area (Å²) < 4.78 is 29.2. The van der Waals surface area contributed by atoms with Gasteiger partial charge < -0.3 is 10.2 Å². The number of aryl methyl sites for hydroxylation is 4. The predicted molar refractivity (Wildman–Crippen MR) is 156 cm³/mol. The predicted octanol–water partition coefficient (Wildman–Crippen LogP) is 5.06. The van der Waals surface area contributed by atoms with Crippen molar-refractivity contribution >= 4 is 27.5 Å². The quantitative estimate of drug-likeness (QED) is 0.362. The maximum absolute atomic E-state index is 14.1. The summed E-state index contributed by atoms with van der Waals surface area (Å²) in [4.78, 5) is 28.8. The Bertz CT molecular complexity index is 1420. The smallest absolute Gasteiger partial charge is 0.264 e. The summed E-state index contributed by atoms with van der Waals surface area (Å²) >= 11 is 0. The molecule has 0 unspecified atom stereocenters. The van der Waals surface area contributed by atoms with Crippen molar-refractivity contribution in [1.82, 2.24) is 10.2 Å². The van der Waals surface area contributed by atoms with E-state index in [1.54, 1.807) is 30.3 Å². The third-order valence-electron chi connectivity index (χ3n) is 6.86. The molecule has 0 spiro atoms. The maximum Gasteiger partial charge on any atom is 0.264 e. The summed E-state index contributed by atoms with van der Waals surface area (Å²) in [7, 11) is -4.10. The van der Waals surface area contributed by atoms with Crippen LogP contribution in [0.15, 0.2) is 71.6 Å². The number of rotatable bonds is 11. The van der Waals surface area contributed by atoms with E-state index in [2.05, 4.69) is 5.32 Å². The molecule has 3 rings (SSSR count). The van der Waals surface area contributed by atoms with Gasteiger partial charge in [0, 0.05) is 13.1 Å². The number of carbonyl (C=O) groups excluding carboxylic acids is 2. The third kappa shape index (κ3) is 7.06. The van der Waals surface area contributed by atoms with Crippen LogP contribution in [0.5, 0.6) is 0 Å². The number of nitrogens with one attached hydrogen (secondary N) is 1. The van der Waals surface area contributed by atoms with Gasteiger partial charge in [-0.3, -0.25) is 13.9 Å². The highest BCUT2D eigenvalue weighted by Gasteiger charge is 2.34. The zero-order valence-electron chi connectivity index (χ0n) is 23.7. The molecule has 3 aromatic carbocycles. The highest BCUT2D eigenvalue weighted by molar-refractivity contribution is 7.92. The van der Waals surface area contributed by atoms with Crippen molar-refractivity contribution in [2.24, 2.45) is 0 Å². The van der Waals surface area contributed by atoms with Crippen molar-refractivity contribution in [2.45, 2.75) is 65.4 Å². The Morgan fingerprint density at radius 3 is 2.10 bits per heavy atom. The Hall–Kier alpha value is -3.65. The van der Waals surface area contributed by atoms with E-state index in [1.807, 2.05) is 77.9 Å². The largest absolute Gasteiger partial charge is 0.355 e. The molecule has 1 atom stereocenters. The first-order valence-corrected chi connectivity index (χ1v) is 14.7. The molecule has 208 valence electrons. The van der Waals surface area contributed by atoms with Gasteiger partial charge in [0.15, 0.2) is 0 Å². The number of benzene rings is 3. The van der Waals surface area contributed by atoms with E-state index in [0.717, 1.165) is 27.8 Å². The standard InChI is InChI=1S/C31H39N3O4S/c1-7-28(31(36)32-8-2)33(20-26-12-10-9-11-24(26)5)30(35)21-34(29-19-23(4)13-16-25(29)6)39(37,38)27-17-14-22(3)15-18-27/h9-19,28H,7-8,20-21H2,1-6H3,(H,32,36)/t28-/m0/s1. The molecule has 0 fully saturated rings. The van der Waals surface area contributed by atoms with Crippen LogP contribution < -0.4 is 9.62 Å². The molecule has 0 aromatic heterocycles. The van der Waals surface area contributed by atoms with Crippen LogP contribution in [-0.4, -0.2) is 44.3 Å². The molecular formula is C31H39N3O4S. The second-order valence-electron chi connectivity index (χ2n) is 9.88. The highest BCUT2D eigenvalue weighted by atomic mass is 32.2. The lowest BCUT2D eigenvalue weighted by molar-refractivity contribution is -0.140. The van der Waals surface area contributed by atoms with E-state index in [4.69, 9.17) is 0 Å². The second-order valence-corrected chi connectivity index (χ2v) is 11.7. The van der Waals surface area contributed by atoms with Gasteiger partial charge in [0.25, 0.3) is 10.0 Å². The number of nitrogens with zero attached hydrogens (tertiary/aromatic N) is 2. The Morgan fingerprint density at radius 1 is 0.846 bits per heavy atom. The monoisotopic (exact) mass is 549 g/mol. The first-order chi connectivity index (χ1) is 18.5. The number of hydrogen-bond donors (Lipinski definition) is 1. The molecule has 0 aliphatic rings. The number of carbonyl (C=O) groups is 2. The summed E-state index contributed by atoms with van der Waals surface area (Å²) in [6.45, 7) is 11.4. The highest BCUT2D eigenvalue weighted by Crippen LogP contribution is 2.29. The number of sulfonamides is 1. The van der Waals surface area contributed by atoms with Gasteiger partial charge in [-0.25, -0.2) is 8.42 Å². The molecule has 0 heterocycles. The van der Waals surface area contributed by atoms with Gasteiger partial charge in [0.05, 0.1) is 10.6 Å². The molecule has 0 saturated heterocycles. The van der Waals surface area contributed by atoms with Crippen molar-refractivity contribution in [2.75, 3.05) is 17.4 Å². The molecule has 8 heteroatoms. The van der Waals surface area contributed by atoms with Crippen molar-refractivity contribution < 1.29 is 18.0 Å². The average Bonchev–Trinajstić information content (AvgIpc) is 2.90. The van der Waals surface area contributed by atoms with Crippen molar-refractivity contribution in [3.63, 3.8) is 0 Å². The lowest BCUT2D eigenvalue weighted by Gasteiger charge is -2.34. The Labute approximate surface area is 232 Å². The molecule has 3 aromatic rings. The van der Waals surface area contributed by atoms with Crippen LogP contribution in [0.2, 0.25) is 0 Å². The van der Waals surface area contributed by atoms with E-state index < -0.39 is 28.5 Å². The van der Waals surface area contributed by atoms with E-state index >= 15 is 0 Å². The minimum absolute atomic E-state index is 0.100. The number of anilines is 1. The lowest BCUT2D eigenvalue weighted by Crippen LogP contribution is -2.52. The Morgan fingerprint density at radius 2 is 1.49 bits per heavy atom.